The number of amides is 1. The van der Waals surface area contributed by atoms with Gasteiger partial charge in [-0.3, -0.25) is 4.79 Å². The van der Waals surface area contributed by atoms with Crippen LogP contribution in [0.25, 0.3) is 0 Å². The van der Waals surface area contributed by atoms with Gasteiger partial charge in [0.05, 0.1) is 16.3 Å². The Hall–Kier alpha value is -2.29. The Kier molecular flexibility index (Phi) is 4.36. The summed E-state index contributed by atoms with van der Waals surface area (Å²) >= 11 is 12.0. The molecule has 0 aromatic heterocycles. The highest BCUT2D eigenvalue weighted by Crippen LogP contribution is 2.41. The average Bonchev–Trinajstić information content (AvgIpc) is 2.58. The van der Waals surface area contributed by atoms with E-state index in [0.29, 0.717) is 16.3 Å². The van der Waals surface area contributed by atoms with Gasteiger partial charge in [-0.15, -0.1) is 0 Å². The van der Waals surface area contributed by atoms with Gasteiger partial charge >= 0.3 is 0 Å². The van der Waals surface area contributed by atoms with E-state index in [-0.39, 0.29) is 27.0 Å². The van der Waals surface area contributed by atoms with Crippen LogP contribution in [-0.2, 0) is 15.6 Å². The quantitative estimate of drug-likeness (QED) is 0.560. The largest absolute Gasteiger partial charge is 0.456 e. The number of nitrogens with two attached hydrogens (primary N) is 2. The van der Waals surface area contributed by atoms with E-state index in [4.69, 9.17) is 39.4 Å². The molecule has 4 N–H and O–H groups in total. The van der Waals surface area contributed by atoms with E-state index in [2.05, 4.69) is 4.99 Å². The van der Waals surface area contributed by atoms with Gasteiger partial charge in [0.25, 0.3) is 5.91 Å². The predicted octanol–water partition coefficient (Wildman–Crippen LogP) is 2.49. The van der Waals surface area contributed by atoms with Gasteiger partial charge in [-0.2, -0.15) is 4.99 Å². The van der Waals surface area contributed by atoms with Crippen molar-refractivity contribution in [1.82, 2.24) is 0 Å². The van der Waals surface area contributed by atoms with Crippen molar-refractivity contribution in [2.24, 2.45) is 16.5 Å². The van der Waals surface area contributed by atoms with Gasteiger partial charge in [-0.05, 0) is 24.3 Å². The average molecular weight is 400 g/mol. The van der Waals surface area contributed by atoms with Crippen molar-refractivity contribution in [2.75, 3.05) is 0 Å². The minimum atomic E-state index is -3.82. The fraction of sp³-hybridized carbons (Fsp3) is 0.0667. The van der Waals surface area contributed by atoms with Crippen LogP contribution in [0.3, 0.4) is 0 Å². The molecule has 0 saturated heterocycles. The lowest BCUT2D eigenvalue weighted by Gasteiger charge is -2.10. The molecule has 0 fully saturated rings. The summed E-state index contributed by atoms with van der Waals surface area (Å²) in [6, 6.07) is 7.00. The number of sulfone groups is 1. The minimum Gasteiger partial charge on any atom is -0.456 e. The van der Waals surface area contributed by atoms with Crippen molar-refractivity contribution in [2.45, 2.75) is 10.6 Å². The third-order valence-corrected chi connectivity index (χ3v) is 5.65. The number of aliphatic imine (C=N–C) groups is 1. The number of benzene rings is 2. The maximum absolute atomic E-state index is 12.7. The summed E-state index contributed by atoms with van der Waals surface area (Å²) in [6.45, 7) is 0. The summed E-state index contributed by atoms with van der Waals surface area (Å²) in [4.78, 5) is 15.2. The van der Waals surface area contributed by atoms with Crippen molar-refractivity contribution in [1.29, 1.82) is 0 Å². The zero-order chi connectivity index (χ0) is 18.4. The first kappa shape index (κ1) is 17.5. The molecule has 0 radical (unpaired) electrons. The van der Waals surface area contributed by atoms with Gasteiger partial charge < -0.3 is 16.2 Å². The number of hydrogen-bond acceptors (Lipinski definition) is 4. The molecule has 2 aromatic rings. The van der Waals surface area contributed by atoms with E-state index >= 15 is 0 Å². The summed E-state index contributed by atoms with van der Waals surface area (Å²) in [5, 5.41) is 0.339. The molecule has 130 valence electrons. The molecular weight excluding hydrogens is 389 g/mol. The van der Waals surface area contributed by atoms with Crippen molar-refractivity contribution < 1.29 is 17.9 Å². The second-order valence-electron chi connectivity index (χ2n) is 5.23. The third kappa shape index (κ3) is 3.41. The molecule has 7 nitrogen and oxygen atoms in total. The fourth-order valence-corrected chi connectivity index (χ4v) is 4.28. The number of hydrogen-bond donors (Lipinski definition) is 2. The van der Waals surface area contributed by atoms with Gasteiger partial charge in [0, 0.05) is 16.7 Å². The van der Waals surface area contributed by atoms with Crippen molar-refractivity contribution in [3.63, 3.8) is 0 Å². The van der Waals surface area contributed by atoms with Gasteiger partial charge in [0.2, 0.25) is 0 Å². The normalized spacial score (nSPS) is 14.5. The van der Waals surface area contributed by atoms with Gasteiger partial charge in [-0.25, -0.2) is 8.42 Å². The Bertz CT molecular complexity index is 1030. The van der Waals surface area contributed by atoms with Crippen LogP contribution in [0.2, 0.25) is 10.0 Å². The molecule has 0 spiro atoms. The SMILES string of the molecule is NC(N)=NC(=O)c1cc2c(cc1Cl)Oc1ccc(Cl)cc1CS2(=O)=O. The van der Waals surface area contributed by atoms with Crippen molar-refractivity contribution in [3.05, 3.63) is 51.5 Å². The lowest BCUT2D eigenvalue weighted by Crippen LogP contribution is -2.24. The van der Waals surface area contributed by atoms with E-state index < -0.39 is 21.7 Å². The van der Waals surface area contributed by atoms with E-state index in [0.717, 1.165) is 6.07 Å². The number of carbonyl (C=O) groups is 1. The standard InChI is InChI=1S/C15H11Cl2N3O4S/c16-8-1-2-11-7(3-8)6-25(22,23)13-4-9(14(21)20-15(18)19)10(17)5-12(13)24-11/h1-5H,6H2,(H4,18,19,20,21). The third-order valence-electron chi connectivity index (χ3n) is 3.42. The zero-order valence-corrected chi connectivity index (χ0v) is 14.8. The molecule has 0 atom stereocenters. The fourth-order valence-electron chi connectivity index (χ4n) is 2.36. The Labute approximate surface area is 153 Å². The van der Waals surface area contributed by atoms with Crippen LogP contribution in [0.1, 0.15) is 15.9 Å². The molecule has 0 saturated carbocycles. The molecule has 0 bridgehead atoms. The number of rotatable bonds is 1. The molecule has 1 heterocycles. The van der Waals surface area contributed by atoms with Crippen LogP contribution in [0.15, 0.2) is 40.2 Å². The predicted molar refractivity (Wildman–Crippen MR) is 94.0 cm³/mol. The summed E-state index contributed by atoms with van der Waals surface area (Å²) in [7, 11) is -3.82. The van der Waals surface area contributed by atoms with E-state index in [1.807, 2.05) is 0 Å². The van der Waals surface area contributed by atoms with Crippen LogP contribution in [-0.4, -0.2) is 20.3 Å². The molecule has 0 aliphatic carbocycles. The van der Waals surface area contributed by atoms with Crippen LogP contribution in [0, 0.1) is 0 Å². The highest BCUT2D eigenvalue weighted by atomic mass is 35.5. The van der Waals surface area contributed by atoms with Crippen LogP contribution < -0.4 is 16.2 Å². The summed E-state index contributed by atoms with van der Waals surface area (Å²) in [5.41, 5.74) is 10.6. The number of guanidine groups is 1. The molecule has 10 heteroatoms. The first-order valence-corrected chi connectivity index (χ1v) is 9.25. The molecule has 1 aliphatic heterocycles. The first-order valence-electron chi connectivity index (χ1n) is 6.84. The second-order valence-corrected chi connectivity index (χ2v) is 8.04. The minimum absolute atomic E-state index is 0.00678. The van der Waals surface area contributed by atoms with E-state index in [1.54, 1.807) is 12.1 Å². The van der Waals surface area contributed by atoms with Gasteiger partial charge in [0.1, 0.15) is 16.4 Å². The Balaban J connectivity index is 2.20. The maximum atomic E-state index is 12.7. The van der Waals surface area contributed by atoms with Gasteiger partial charge in [-0.1, -0.05) is 23.2 Å². The highest BCUT2D eigenvalue weighted by Gasteiger charge is 2.29. The molecule has 1 aliphatic rings. The van der Waals surface area contributed by atoms with E-state index in [9.17, 15) is 13.2 Å². The van der Waals surface area contributed by atoms with Crippen LogP contribution >= 0.6 is 23.2 Å². The number of nitrogens with zero attached hydrogens (tertiary/aromatic N) is 1. The monoisotopic (exact) mass is 399 g/mol. The lowest BCUT2D eigenvalue weighted by atomic mass is 10.2. The molecule has 25 heavy (non-hydrogen) atoms. The number of halogens is 2. The summed E-state index contributed by atoms with van der Waals surface area (Å²) < 4.78 is 31.1. The summed E-state index contributed by atoms with van der Waals surface area (Å²) in [6.07, 6.45) is 0. The molecule has 2 aromatic carbocycles. The first-order chi connectivity index (χ1) is 11.7. The Morgan fingerprint density at radius 3 is 2.52 bits per heavy atom. The van der Waals surface area contributed by atoms with Crippen molar-refractivity contribution >= 4 is 44.9 Å². The van der Waals surface area contributed by atoms with Crippen molar-refractivity contribution in [3.8, 4) is 11.5 Å². The molecule has 3 rings (SSSR count). The number of fused-ring (bicyclic) bond motifs is 2. The van der Waals surface area contributed by atoms with Crippen LogP contribution in [0.4, 0.5) is 0 Å². The lowest BCUT2D eigenvalue weighted by molar-refractivity contribution is 0.100. The smallest absolute Gasteiger partial charge is 0.281 e. The van der Waals surface area contributed by atoms with Gasteiger partial charge in [0.15, 0.2) is 15.8 Å². The summed E-state index contributed by atoms with van der Waals surface area (Å²) in [5.74, 6) is -1.31. The Morgan fingerprint density at radius 1 is 1.12 bits per heavy atom. The zero-order valence-electron chi connectivity index (χ0n) is 12.5. The Morgan fingerprint density at radius 2 is 1.84 bits per heavy atom. The topological polar surface area (TPSA) is 125 Å². The highest BCUT2D eigenvalue weighted by molar-refractivity contribution is 7.90. The maximum Gasteiger partial charge on any atom is 0.281 e. The molecule has 1 amide bonds. The molecule has 0 unspecified atom stereocenters. The number of ether oxygens (including phenoxy) is 1. The molecular formula is C15H11Cl2N3O4S. The van der Waals surface area contributed by atoms with Crippen LogP contribution in [0.5, 0.6) is 11.5 Å². The second kappa shape index (κ2) is 6.21. The number of carbonyl (C=O) groups excluding carboxylic acids is 1. The van der Waals surface area contributed by atoms with E-state index in [1.165, 1.54) is 12.1 Å².